The van der Waals surface area contributed by atoms with Gasteiger partial charge in [-0.2, -0.15) is 0 Å². The van der Waals surface area contributed by atoms with Crippen LogP contribution in [0.15, 0.2) is 78.9 Å². The molecular formula is C28H26N2O5. The van der Waals surface area contributed by atoms with Crippen LogP contribution in [0.2, 0.25) is 0 Å². The van der Waals surface area contributed by atoms with Crippen LogP contribution in [-0.4, -0.2) is 27.7 Å². The predicted molar refractivity (Wildman–Crippen MR) is 129 cm³/mol. The Morgan fingerprint density at radius 1 is 0.914 bits per heavy atom. The summed E-state index contributed by atoms with van der Waals surface area (Å²) in [5.74, 6) is -0.618. The van der Waals surface area contributed by atoms with Gasteiger partial charge in [-0.1, -0.05) is 72.8 Å². The molecule has 0 bridgehead atoms. The molecule has 2 aliphatic heterocycles. The van der Waals surface area contributed by atoms with Crippen molar-refractivity contribution in [2.24, 2.45) is 0 Å². The zero-order chi connectivity index (χ0) is 24.4. The van der Waals surface area contributed by atoms with E-state index >= 15 is 0 Å². The van der Waals surface area contributed by atoms with E-state index in [9.17, 15) is 19.7 Å². The van der Waals surface area contributed by atoms with Crippen molar-refractivity contribution in [1.29, 1.82) is 0 Å². The number of hydrogen-bond acceptors (Lipinski definition) is 5. The molecule has 1 saturated heterocycles. The Kier molecular flexibility index (Phi) is 6.31. The molecule has 7 nitrogen and oxygen atoms in total. The number of nitro groups is 1. The second-order valence-electron chi connectivity index (χ2n) is 9.00. The van der Waals surface area contributed by atoms with Crippen molar-refractivity contribution in [1.82, 2.24) is 4.90 Å². The summed E-state index contributed by atoms with van der Waals surface area (Å²) in [5, 5.41) is 11.6. The highest BCUT2D eigenvalue weighted by molar-refractivity contribution is 5.86. The van der Waals surface area contributed by atoms with Crippen LogP contribution in [0, 0.1) is 10.1 Å². The van der Waals surface area contributed by atoms with Gasteiger partial charge in [0.05, 0.1) is 11.0 Å². The maximum atomic E-state index is 13.6. The number of hydrogen-bond donors (Lipinski definition) is 0. The molecule has 2 atom stereocenters. The van der Waals surface area contributed by atoms with Crippen LogP contribution in [0.5, 0.6) is 0 Å². The molecule has 0 N–H and O–H groups in total. The van der Waals surface area contributed by atoms with Gasteiger partial charge in [-0.3, -0.25) is 14.9 Å². The number of rotatable bonds is 5. The monoisotopic (exact) mass is 470 g/mol. The summed E-state index contributed by atoms with van der Waals surface area (Å²) in [6.07, 6.45) is 1.69. The number of carbonyl (C=O) groups excluding carboxylic acids is 2. The highest BCUT2D eigenvalue weighted by Gasteiger charge is 2.43. The highest BCUT2D eigenvalue weighted by atomic mass is 16.6. The first-order chi connectivity index (χ1) is 17.0. The predicted octanol–water partition coefficient (Wildman–Crippen LogP) is 5.30. The van der Waals surface area contributed by atoms with Crippen LogP contribution in [-0.2, 0) is 20.7 Å². The van der Waals surface area contributed by atoms with Gasteiger partial charge >= 0.3 is 5.97 Å². The fourth-order valence-electron chi connectivity index (χ4n) is 5.37. The first kappa shape index (κ1) is 22.8. The Labute approximate surface area is 203 Å². The van der Waals surface area contributed by atoms with Crippen molar-refractivity contribution >= 4 is 17.6 Å². The quantitative estimate of drug-likeness (QED) is 0.287. The average Bonchev–Trinajstić information content (AvgIpc) is 3.04. The summed E-state index contributed by atoms with van der Waals surface area (Å²) in [6.45, 7) is 0. The van der Waals surface area contributed by atoms with Gasteiger partial charge in [-0.25, -0.2) is 4.79 Å². The van der Waals surface area contributed by atoms with Crippen LogP contribution in [0.1, 0.15) is 60.1 Å². The van der Waals surface area contributed by atoms with E-state index in [2.05, 4.69) is 0 Å². The van der Waals surface area contributed by atoms with Crippen molar-refractivity contribution in [2.45, 2.75) is 50.3 Å². The average molecular weight is 471 g/mol. The van der Waals surface area contributed by atoms with Crippen molar-refractivity contribution in [3.63, 3.8) is 0 Å². The standard InChI is InChI=1S/C28H26N2O5/c31-26-18-17-22-21(13-7-15-24(22)30(33)34)23-14-8-16-25(29(23)26)28(32)35-27(19-9-3-1-4-10-19)20-11-5-2-6-12-20/h1-7,9-13,15,23,25,27H,8,14,16-18H2. The SMILES string of the molecule is O=C(OC(c1ccccc1)c1ccccc1)C1CCCC2c3cccc([N+](=O)[O-])c3CCC(=O)N12. The molecule has 35 heavy (non-hydrogen) atoms. The third kappa shape index (κ3) is 4.41. The molecule has 0 saturated carbocycles. The molecule has 7 heteroatoms. The molecule has 178 valence electrons. The topological polar surface area (TPSA) is 89.7 Å². The number of carbonyl (C=O) groups is 2. The minimum atomic E-state index is -0.735. The third-order valence-corrected chi connectivity index (χ3v) is 6.96. The Morgan fingerprint density at radius 3 is 2.20 bits per heavy atom. The van der Waals surface area contributed by atoms with Gasteiger partial charge < -0.3 is 9.64 Å². The molecule has 0 aromatic heterocycles. The Hall–Kier alpha value is -4.00. The fourth-order valence-corrected chi connectivity index (χ4v) is 5.37. The third-order valence-electron chi connectivity index (χ3n) is 6.96. The summed E-state index contributed by atoms with van der Waals surface area (Å²) in [4.78, 5) is 39.8. The second-order valence-corrected chi connectivity index (χ2v) is 9.00. The number of ether oxygens (including phenoxy) is 1. The van der Waals surface area contributed by atoms with Crippen LogP contribution in [0.3, 0.4) is 0 Å². The number of fused-ring (bicyclic) bond motifs is 3. The number of benzene rings is 3. The van der Waals surface area contributed by atoms with E-state index in [-0.39, 0.29) is 30.5 Å². The molecule has 0 radical (unpaired) electrons. The molecule has 2 heterocycles. The summed E-state index contributed by atoms with van der Waals surface area (Å²) in [5.41, 5.74) is 3.10. The summed E-state index contributed by atoms with van der Waals surface area (Å²) in [6, 6.07) is 23.0. The Bertz CT molecular complexity index is 1210. The lowest BCUT2D eigenvalue weighted by molar-refractivity contribution is -0.385. The number of nitrogens with zero attached hydrogens (tertiary/aromatic N) is 2. The minimum Gasteiger partial charge on any atom is -0.451 e. The van der Waals surface area contributed by atoms with Crippen LogP contribution in [0.4, 0.5) is 5.69 Å². The molecular weight excluding hydrogens is 444 g/mol. The number of nitro benzene ring substituents is 1. The molecule has 1 amide bonds. The molecule has 3 aromatic rings. The van der Waals surface area contributed by atoms with E-state index in [1.807, 2.05) is 66.7 Å². The zero-order valence-electron chi connectivity index (χ0n) is 19.2. The van der Waals surface area contributed by atoms with Gasteiger partial charge in [0.2, 0.25) is 5.91 Å². The van der Waals surface area contributed by atoms with E-state index < -0.39 is 23.0 Å². The normalized spacial score (nSPS) is 19.5. The largest absolute Gasteiger partial charge is 0.451 e. The summed E-state index contributed by atoms with van der Waals surface area (Å²) in [7, 11) is 0. The van der Waals surface area contributed by atoms with E-state index in [1.165, 1.54) is 6.07 Å². The smallest absolute Gasteiger partial charge is 0.329 e. The first-order valence-corrected chi connectivity index (χ1v) is 11.9. The first-order valence-electron chi connectivity index (χ1n) is 11.9. The highest BCUT2D eigenvalue weighted by Crippen LogP contribution is 2.42. The van der Waals surface area contributed by atoms with Crippen LogP contribution in [0.25, 0.3) is 0 Å². The van der Waals surface area contributed by atoms with Gasteiger partial charge in [-0.15, -0.1) is 0 Å². The number of esters is 1. The molecule has 3 aromatic carbocycles. The van der Waals surface area contributed by atoms with Gasteiger partial charge in [0.25, 0.3) is 5.69 Å². The van der Waals surface area contributed by atoms with E-state index in [0.29, 0.717) is 18.4 Å². The lowest BCUT2D eigenvalue weighted by Crippen LogP contribution is -2.49. The molecule has 2 unspecified atom stereocenters. The van der Waals surface area contributed by atoms with Crippen molar-refractivity contribution < 1.29 is 19.2 Å². The molecule has 2 aliphatic rings. The zero-order valence-corrected chi connectivity index (χ0v) is 19.2. The maximum Gasteiger partial charge on any atom is 0.329 e. The van der Waals surface area contributed by atoms with Crippen molar-refractivity contribution in [2.75, 3.05) is 0 Å². The molecule has 1 fully saturated rings. The maximum absolute atomic E-state index is 13.6. The van der Waals surface area contributed by atoms with Gasteiger partial charge in [0, 0.05) is 18.1 Å². The van der Waals surface area contributed by atoms with E-state index in [0.717, 1.165) is 23.1 Å². The van der Waals surface area contributed by atoms with Crippen molar-refractivity contribution in [3.05, 3.63) is 111 Å². The number of amides is 1. The van der Waals surface area contributed by atoms with E-state index in [1.54, 1.807) is 11.0 Å². The van der Waals surface area contributed by atoms with Gasteiger partial charge in [0.15, 0.2) is 6.10 Å². The van der Waals surface area contributed by atoms with Gasteiger partial charge in [0.1, 0.15) is 6.04 Å². The van der Waals surface area contributed by atoms with Gasteiger partial charge in [-0.05, 0) is 42.4 Å². The van der Waals surface area contributed by atoms with E-state index in [4.69, 9.17) is 4.74 Å². The molecule has 0 aliphatic carbocycles. The fraction of sp³-hybridized carbons (Fsp3) is 0.286. The van der Waals surface area contributed by atoms with Crippen molar-refractivity contribution in [3.8, 4) is 0 Å². The lowest BCUT2D eigenvalue weighted by Gasteiger charge is -2.41. The summed E-state index contributed by atoms with van der Waals surface area (Å²) >= 11 is 0. The second kappa shape index (κ2) is 9.70. The summed E-state index contributed by atoms with van der Waals surface area (Å²) < 4.78 is 6.11. The van der Waals surface area contributed by atoms with Crippen LogP contribution < -0.4 is 0 Å². The minimum absolute atomic E-state index is 0.0371. The Balaban J connectivity index is 1.48. The number of piperidine rings is 1. The molecule has 5 rings (SSSR count). The Morgan fingerprint density at radius 2 is 1.57 bits per heavy atom. The molecule has 0 spiro atoms. The van der Waals surface area contributed by atoms with Crippen LogP contribution >= 0.6 is 0 Å². The lowest BCUT2D eigenvalue weighted by atomic mass is 9.88.